The Bertz CT molecular complexity index is 1280. The number of amides is 2. The highest BCUT2D eigenvalue weighted by Crippen LogP contribution is 2.34. The molecule has 2 unspecified atom stereocenters. The number of halogens is 1. The van der Waals surface area contributed by atoms with E-state index < -0.39 is 24.0 Å². The lowest BCUT2D eigenvalue weighted by molar-refractivity contribution is -0.148. The standard InChI is InChI=1S/C27H23ClN2O5/c28-20-8-4-5-18(13-20)15-33-26(31)24-21(11-9-17-10-12-22-23(14-17)35-16-34-22)29-27(32)30-25(24)19-6-2-1-3-7-19/h1-8,10,12-14,24-25H,9,11,15-16H2,(H,30,32). The van der Waals surface area contributed by atoms with Crippen molar-refractivity contribution < 1.29 is 23.8 Å². The number of rotatable bonds is 7. The van der Waals surface area contributed by atoms with E-state index in [1.165, 1.54) is 0 Å². The summed E-state index contributed by atoms with van der Waals surface area (Å²) in [6, 6.07) is 21.2. The van der Waals surface area contributed by atoms with Gasteiger partial charge in [0.1, 0.15) is 12.5 Å². The quantitative estimate of drug-likeness (QED) is 0.456. The zero-order chi connectivity index (χ0) is 24.2. The van der Waals surface area contributed by atoms with Crippen molar-refractivity contribution in [3.05, 3.63) is 94.5 Å². The summed E-state index contributed by atoms with van der Waals surface area (Å²) in [5, 5.41) is 3.41. The molecule has 0 saturated carbocycles. The number of carbonyl (C=O) groups is 2. The van der Waals surface area contributed by atoms with E-state index in [0.717, 1.165) is 16.7 Å². The van der Waals surface area contributed by atoms with Gasteiger partial charge in [0, 0.05) is 10.7 Å². The average Bonchev–Trinajstić information content (AvgIpc) is 3.34. The highest BCUT2D eigenvalue weighted by Gasteiger charge is 2.39. The number of hydrogen-bond acceptors (Lipinski definition) is 5. The van der Waals surface area contributed by atoms with Crippen LogP contribution in [0.4, 0.5) is 4.79 Å². The minimum atomic E-state index is -0.761. The van der Waals surface area contributed by atoms with Crippen LogP contribution in [0.2, 0.25) is 5.02 Å². The zero-order valence-corrected chi connectivity index (χ0v) is 19.5. The third-order valence-electron chi connectivity index (χ3n) is 6.01. The second-order valence-electron chi connectivity index (χ2n) is 8.34. The SMILES string of the molecule is O=C1N=C(CCc2ccc3c(c2)OCO3)C(C(=O)OCc2cccc(Cl)c2)C(c2ccccc2)N1. The van der Waals surface area contributed by atoms with Crippen LogP contribution in [-0.4, -0.2) is 24.5 Å². The first kappa shape index (κ1) is 22.9. The Balaban J connectivity index is 1.38. The molecule has 3 aromatic carbocycles. The molecule has 1 N–H and O–H groups in total. The number of nitrogens with zero attached hydrogens (tertiary/aromatic N) is 1. The fourth-order valence-electron chi connectivity index (χ4n) is 4.30. The van der Waals surface area contributed by atoms with Crippen molar-refractivity contribution >= 4 is 29.3 Å². The van der Waals surface area contributed by atoms with Gasteiger partial charge < -0.3 is 19.5 Å². The van der Waals surface area contributed by atoms with Crippen LogP contribution >= 0.6 is 11.6 Å². The van der Waals surface area contributed by atoms with E-state index in [2.05, 4.69) is 10.3 Å². The Hall–Kier alpha value is -3.84. The summed E-state index contributed by atoms with van der Waals surface area (Å²) < 4.78 is 16.5. The van der Waals surface area contributed by atoms with Crippen molar-refractivity contribution in [1.82, 2.24) is 5.32 Å². The Morgan fingerprint density at radius 3 is 2.63 bits per heavy atom. The minimum absolute atomic E-state index is 0.0702. The van der Waals surface area contributed by atoms with E-state index >= 15 is 0 Å². The Morgan fingerprint density at radius 1 is 0.971 bits per heavy atom. The molecule has 0 bridgehead atoms. The van der Waals surface area contributed by atoms with Gasteiger partial charge in [-0.3, -0.25) is 4.79 Å². The molecular weight excluding hydrogens is 468 g/mol. The lowest BCUT2D eigenvalue weighted by atomic mass is 9.85. The number of aryl methyl sites for hydroxylation is 1. The predicted molar refractivity (Wildman–Crippen MR) is 131 cm³/mol. The molecule has 0 saturated heterocycles. The number of aliphatic imine (C=N–C) groups is 1. The normalized spacial score (nSPS) is 18.5. The molecule has 2 aliphatic heterocycles. The molecule has 3 aromatic rings. The highest BCUT2D eigenvalue weighted by molar-refractivity contribution is 6.30. The van der Waals surface area contributed by atoms with Crippen LogP contribution in [0.25, 0.3) is 0 Å². The number of benzene rings is 3. The van der Waals surface area contributed by atoms with Gasteiger partial charge in [-0.05, 0) is 53.8 Å². The third kappa shape index (κ3) is 5.30. The van der Waals surface area contributed by atoms with Gasteiger partial charge in [-0.25, -0.2) is 9.79 Å². The number of hydrogen-bond donors (Lipinski definition) is 1. The average molecular weight is 491 g/mol. The van der Waals surface area contributed by atoms with Gasteiger partial charge >= 0.3 is 12.0 Å². The molecule has 8 heteroatoms. The Kier molecular flexibility index (Phi) is 6.68. The van der Waals surface area contributed by atoms with Gasteiger partial charge in [0.15, 0.2) is 11.5 Å². The minimum Gasteiger partial charge on any atom is -0.460 e. The van der Waals surface area contributed by atoms with Gasteiger partial charge in [0.05, 0.1) is 6.04 Å². The fourth-order valence-corrected chi connectivity index (χ4v) is 4.51. The van der Waals surface area contributed by atoms with E-state index in [-0.39, 0.29) is 13.4 Å². The maximum absolute atomic E-state index is 13.4. The molecule has 2 amide bonds. The molecule has 2 heterocycles. The zero-order valence-electron chi connectivity index (χ0n) is 18.8. The van der Waals surface area contributed by atoms with Gasteiger partial charge in [-0.15, -0.1) is 0 Å². The molecule has 35 heavy (non-hydrogen) atoms. The first-order chi connectivity index (χ1) is 17.1. The molecular formula is C27H23ClN2O5. The van der Waals surface area contributed by atoms with Crippen LogP contribution in [0.3, 0.4) is 0 Å². The summed E-state index contributed by atoms with van der Waals surface area (Å²) in [7, 11) is 0. The van der Waals surface area contributed by atoms with E-state index in [0.29, 0.717) is 35.1 Å². The number of fused-ring (bicyclic) bond motifs is 1. The summed E-state index contributed by atoms with van der Waals surface area (Å²) in [5.74, 6) is 0.173. The van der Waals surface area contributed by atoms with Crippen LogP contribution in [0.15, 0.2) is 77.8 Å². The molecule has 5 rings (SSSR count). The topological polar surface area (TPSA) is 86.2 Å². The van der Waals surface area contributed by atoms with Crippen molar-refractivity contribution in [1.29, 1.82) is 0 Å². The molecule has 7 nitrogen and oxygen atoms in total. The van der Waals surface area contributed by atoms with Gasteiger partial charge in [0.2, 0.25) is 6.79 Å². The second kappa shape index (κ2) is 10.2. The van der Waals surface area contributed by atoms with Crippen molar-refractivity contribution in [3.8, 4) is 11.5 Å². The van der Waals surface area contributed by atoms with E-state index in [1.807, 2.05) is 54.6 Å². The molecule has 0 spiro atoms. The van der Waals surface area contributed by atoms with Gasteiger partial charge in [-0.2, -0.15) is 0 Å². The summed E-state index contributed by atoms with van der Waals surface area (Å²) >= 11 is 6.06. The Morgan fingerprint density at radius 2 is 1.80 bits per heavy atom. The molecule has 0 aromatic heterocycles. The van der Waals surface area contributed by atoms with Crippen LogP contribution in [0.5, 0.6) is 11.5 Å². The Labute approximate surface area is 207 Å². The van der Waals surface area contributed by atoms with E-state index in [1.54, 1.807) is 18.2 Å². The molecule has 0 radical (unpaired) electrons. The highest BCUT2D eigenvalue weighted by atomic mass is 35.5. The lowest BCUT2D eigenvalue weighted by Gasteiger charge is -2.31. The number of urea groups is 1. The van der Waals surface area contributed by atoms with Gasteiger partial charge in [0.25, 0.3) is 0 Å². The maximum Gasteiger partial charge on any atom is 0.341 e. The monoisotopic (exact) mass is 490 g/mol. The molecule has 2 aliphatic rings. The third-order valence-corrected chi connectivity index (χ3v) is 6.24. The summed E-state index contributed by atoms with van der Waals surface area (Å²) in [4.78, 5) is 30.1. The molecule has 0 fully saturated rings. The fraction of sp³-hybridized carbons (Fsp3) is 0.222. The number of nitrogens with one attached hydrogen (secondary N) is 1. The smallest absolute Gasteiger partial charge is 0.341 e. The van der Waals surface area contributed by atoms with Gasteiger partial charge in [-0.1, -0.05) is 60.1 Å². The second-order valence-corrected chi connectivity index (χ2v) is 8.78. The van der Waals surface area contributed by atoms with Crippen molar-refractivity contribution in [3.63, 3.8) is 0 Å². The van der Waals surface area contributed by atoms with Crippen LogP contribution in [0, 0.1) is 5.92 Å². The van der Waals surface area contributed by atoms with Crippen LogP contribution in [0.1, 0.15) is 29.2 Å². The predicted octanol–water partition coefficient (Wildman–Crippen LogP) is 5.27. The maximum atomic E-state index is 13.4. The van der Waals surface area contributed by atoms with Crippen LogP contribution < -0.4 is 14.8 Å². The van der Waals surface area contributed by atoms with E-state index in [4.69, 9.17) is 25.8 Å². The van der Waals surface area contributed by atoms with E-state index in [9.17, 15) is 9.59 Å². The number of esters is 1. The summed E-state index contributed by atoms with van der Waals surface area (Å²) in [6.07, 6.45) is 0.982. The summed E-state index contributed by atoms with van der Waals surface area (Å²) in [6.45, 7) is 0.270. The summed E-state index contributed by atoms with van der Waals surface area (Å²) in [5.41, 5.74) is 3.06. The van der Waals surface area contributed by atoms with Crippen molar-refractivity contribution in [2.45, 2.75) is 25.5 Å². The molecule has 178 valence electrons. The van der Waals surface area contributed by atoms with Crippen molar-refractivity contribution in [2.75, 3.05) is 6.79 Å². The molecule has 0 aliphatic carbocycles. The number of ether oxygens (including phenoxy) is 3. The first-order valence-electron chi connectivity index (χ1n) is 11.3. The lowest BCUT2D eigenvalue weighted by Crippen LogP contribution is -2.45. The van der Waals surface area contributed by atoms with Crippen molar-refractivity contribution in [2.24, 2.45) is 10.9 Å². The largest absolute Gasteiger partial charge is 0.460 e. The number of carbonyl (C=O) groups excluding carboxylic acids is 2. The first-order valence-corrected chi connectivity index (χ1v) is 11.7. The molecule has 2 atom stereocenters. The van der Waals surface area contributed by atoms with Crippen LogP contribution in [-0.2, 0) is 22.6 Å².